The van der Waals surface area contributed by atoms with Gasteiger partial charge in [0, 0.05) is 83.5 Å². The first kappa shape index (κ1) is 57.7. The molecule has 1 saturated heterocycles. The van der Waals surface area contributed by atoms with E-state index in [1.807, 2.05) is 0 Å². The Hall–Kier alpha value is -8.50. The van der Waals surface area contributed by atoms with E-state index in [0.29, 0.717) is 43.9 Å². The van der Waals surface area contributed by atoms with Gasteiger partial charge in [-0.25, -0.2) is 4.79 Å². The lowest BCUT2D eigenvalue weighted by Gasteiger charge is -2.36. The molecule has 436 valence electrons. The number of aromatic hydroxyl groups is 2. The van der Waals surface area contributed by atoms with E-state index in [2.05, 4.69) is 47.5 Å². The first-order valence-corrected chi connectivity index (χ1v) is 28.0. The highest BCUT2D eigenvalue weighted by atomic mass is 32.2. The summed E-state index contributed by atoms with van der Waals surface area (Å²) < 4.78 is 12.2. The number of hydrogen-bond acceptors (Lipinski definition) is 17. The second-order valence-electron chi connectivity index (χ2n) is 21.6. The van der Waals surface area contributed by atoms with Crippen LogP contribution in [-0.4, -0.2) is 167 Å². The van der Waals surface area contributed by atoms with Crippen molar-refractivity contribution < 1.29 is 73.4 Å². The second kappa shape index (κ2) is 22.7. The highest BCUT2D eigenvalue weighted by Crippen LogP contribution is 2.57. The maximum absolute atomic E-state index is 14.9. The fourth-order valence-electron chi connectivity index (χ4n) is 11.0. The van der Waals surface area contributed by atoms with Gasteiger partial charge in [-0.2, -0.15) is 0 Å². The summed E-state index contributed by atoms with van der Waals surface area (Å²) in [6.07, 6.45) is -3.77. The van der Waals surface area contributed by atoms with Crippen molar-refractivity contribution in [2.45, 2.75) is 118 Å². The summed E-state index contributed by atoms with van der Waals surface area (Å²) in [5.41, 5.74) is -0.658. The number of rotatable bonds is 6. The first-order valence-electron chi connectivity index (χ1n) is 26.6. The number of benzene rings is 4. The number of carbonyl (C=O) groups is 8. The number of nitrogens with one attached hydrogen (secondary N) is 9. The van der Waals surface area contributed by atoms with E-state index < -0.39 is 119 Å². The SMILES string of the molecule is C[C@@H]1NC(=O)[C@H](C[C@@](C)(O)CNC(=S)Nc2ccc3c(c2)C(=O)OC32c3ccc(O)cc3Oc3cc(O)ccc32)NC(=O)[C@@H]2Cc3c([nH]c4ccccc34)SC[C@H](NC(=O)[C@@H]([C@H](C)O)NC1=O)C(=O)N1C[C@@H](O)C[C@H]1C(=O)N[C@@H](C)C(=O)N2. The summed E-state index contributed by atoms with van der Waals surface area (Å²) in [6, 6.07) is 10.1. The van der Waals surface area contributed by atoms with Gasteiger partial charge in [0.2, 0.25) is 41.4 Å². The number of thioether (sulfide) groups is 1. The number of fused-ring (bicyclic) bond motifs is 11. The number of nitrogens with zero attached hydrogens (tertiary/aromatic N) is 1. The number of aliphatic hydroxyl groups is 3. The highest BCUT2D eigenvalue weighted by molar-refractivity contribution is 7.99. The van der Waals surface area contributed by atoms with Crippen LogP contribution in [0.1, 0.15) is 73.1 Å². The number of aromatic amines is 1. The van der Waals surface area contributed by atoms with Crippen LogP contribution in [0.2, 0.25) is 0 Å². The molecule has 1 aromatic heterocycles. The van der Waals surface area contributed by atoms with E-state index in [0.717, 1.165) is 16.7 Å². The molecule has 10 rings (SSSR count). The number of aromatic nitrogens is 1. The number of thiocarbonyl (C=S) groups is 1. The number of hydrogen-bond donors (Lipinski definition) is 14. The molecular weight excluding hydrogens is 1120 g/mol. The van der Waals surface area contributed by atoms with Crippen molar-refractivity contribution in [1.82, 2.24) is 47.1 Å². The van der Waals surface area contributed by atoms with Crippen LogP contribution in [-0.2, 0) is 50.3 Å². The number of anilines is 1. The summed E-state index contributed by atoms with van der Waals surface area (Å²) in [4.78, 5) is 118. The van der Waals surface area contributed by atoms with E-state index in [-0.39, 0.29) is 65.4 Å². The predicted octanol–water partition coefficient (Wildman–Crippen LogP) is 0.228. The molecule has 6 heterocycles. The number of aliphatic hydroxyl groups excluding tert-OH is 2. The average Bonchev–Trinajstić information content (AvgIpc) is 1.85. The number of carbonyl (C=O) groups excluding carboxylic acids is 8. The van der Waals surface area contributed by atoms with Crippen molar-refractivity contribution in [3.05, 3.63) is 107 Å². The fourth-order valence-corrected chi connectivity index (χ4v) is 12.3. The molecule has 7 amide bonds. The van der Waals surface area contributed by atoms with Gasteiger partial charge < -0.3 is 87.4 Å². The lowest BCUT2D eigenvalue weighted by atomic mass is 9.77. The van der Waals surface area contributed by atoms with Gasteiger partial charge in [0.25, 0.3) is 0 Å². The minimum absolute atomic E-state index is 0.0570. The Morgan fingerprint density at radius 3 is 2.12 bits per heavy atom. The highest BCUT2D eigenvalue weighted by Gasteiger charge is 2.54. The second-order valence-corrected chi connectivity index (χ2v) is 23.0. The van der Waals surface area contributed by atoms with Crippen LogP contribution in [0, 0.1) is 0 Å². The van der Waals surface area contributed by atoms with Crippen molar-refractivity contribution in [3.8, 4) is 23.0 Å². The molecule has 10 atom stereocenters. The number of H-pyrrole nitrogens is 1. The quantitative estimate of drug-likeness (QED) is 0.0799. The zero-order valence-corrected chi connectivity index (χ0v) is 46.7. The maximum atomic E-state index is 14.9. The van der Waals surface area contributed by atoms with Crippen molar-refractivity contribution in [1.29, 1.82) is 0 Å². The molecule has 0 saturated carbocycles. The van der Waals surface area contributed by atoms with Crippen molar-refractivity contribution in [3.63, 3.8) is 0 Å². The van der Waals surface area contributed by atoms with E-state index in [1.165, 1.54) is 58.0 Å². The minimum Gasteiger partial charge on any atom is -0.508 e. The lowest BCUT2D eigenvalue weighted by Crippen LogP contribution is -2.62. The van der Waals surface area contributed by atoms with Crippen LogP contribution in [0.15, 0.2) is 83.9 Å². The number of para-hydroxylation sites is 1. The van der Waals surface area contributed by atoms with Crippen LogP contribution in [0.4, 0.5) is 5.69 Å². The van der Waals surface area contributed by atoms with Gasteiger partial charge >= 0.3 is 5.97 Å². The molecule has 1 spiro atoms. The third-order valence-corrected chi connectivity index (χ3v) is 16.6. The molecule has 27 heteroatoms. The predicted molar refractivity (Wildman–Crippen MR) is 301 cm³/mol. The van der Waals surface area contributed by atoms with Crippen molar-refractivity contribution >= 4 is 93.0 Å². The van der Waals surface area contributed by atoms with E-state index >= 15 is 0 Å². The fraction of sp³-hybridized carbons (Fsp3) is 0.375. The molecule has 5 aliphatic rings. The van der Waals surface area contributed by atoms with Crippen LogP contribution < -0.4 is 47.3 Å². The topological polar surface area (TPSA) is 371 Å². The summed E-state index contributed by atoms with van der Waals surface area (Å²) in [6.45, 7) is 4.50. The molecule has 2 bridgehead atoms. The molecule has 4 aromatic carbocycles. The van der Waals surface area contributed by atoms with Gasteiger partial charge in [-0.3, -0.25) is 33.6 Å². The largest absolute Gasteiger partial charge is 0.508 e. The van der Waals surface area contributed by atoms with E-state index in [9.17, 15) is 63.9 Å². The van der Waals surface area contributed by atoms with Crippen LogP contribution in [0.5, 0.6) is 23.0 Å². The number of amides is 7. The first-order chi connectivity index (χ1) is 39.4. The van der Waals surface area contributed by atoms with Gasteiger partial charge in [0.15, 0.2) is 10.7 Å². The van der Waals surface area contributed by atoms with Gasteiger partial charge in [0.1, 0.15) is 65.3 Å². The Balaban J connectivity index is 0.936. The smallest absolute Gasteiger partial charge is 0.340 e. The van der Waals surface area contributed by atoms with Crippen LogP contribution in [0.3, 0.4) is 0 Å². The molecule has 14 N–H and O–H groups in total. The molecule has 83 heavy (non-hydrogen) atoms. The molecular formula is C56H60N10O15S2. The van der Waals surface area contributed by atoms with E-state index in [4.69, 9.17) is 21.7 Å². The molecule has 25 nitrogen and oxygen atoms in total. The standard InChI is InChI=1S/C56H60N10O15S2/c1-24-45(71)61-38-19-32-31-7-5-6-8-37(31)64-51(32)83-22-40(52(77)66-21-30(70)16-41(66)49(75)59-24)63-50(76)44(26(3)67)65-46(72)25(2)58-48(74)39(62-47(38)73)20-55(4,79)23-57-54(82)60-27-9-12-34-33(15-27)53(78)81-56(34)35-13-10-28(68)17-42(35)80-43-18-29(69)11-14-36(43)56/h5-15,17-18,24-26,30,38-41,44,64,67-70,79H,16,19-23H2,1-4H3,(H,58,74)(H,59,75)(H,61,71)(H,62,73)(H,63,76)(H,65,72)(H2,57,60,82)/t24-,25-,26-,30-,38-,39-,40-,41-,44+,55+/m0/s1. The zero-order chi connectivity index (χ0) is 59.4. The third kappa shape index (κ3) is 11.5. The normalized spacial score (nSPS) is 25.7. The molecule has 0 aliphatic carbocycles. The minimum atomic E-state index is -1.93. The van der Waals surface area contributed by atoms with Gasteiger partial charge in [0.05, 0.1) is 28.4 Å². The number of phenolic OH excluding ortho intramolecular Hbond substituents is 2. The molecule has 0 unspecified atom stereocenters. The Bertz CT molecular complexity index is 3470. The molecule has 5 aromatic rings. The molecule has 5 aliphatic heterocycles. The molecule has 0 radical (unpaired) electrons. The number of esters is 1. The zero-order valence-electron chi connectivity index (χ0n) is 45.0. The maximum Gasteiger partial charge on any atom is 0.340 e. The average molecular weight is 1180 g/mol. The summed E-state index contributed by atoms with van der Waals surface area (Å²) in [5.74, 6) is -7.10. The van der Waals surface area contributed by atoms with Crippen molar-refractivity contribution in [2.24, 2.45) is 0 Å². The van der Waals surface area contributed by atoms with Gasteiger partial charge in [-0.05, 0) is 87.9 Å². The monoisotopic (exact) mass is 1180 g/mol. The Labute approximate surface area is 483 Å². The van der Waals surface area contributed by atoms with Gasteiger partial charge in [-0.1, -0.05) is 24.3 Å². The molecule has 1 fully saturated rings. The third-order valence-electron chi connectivity index (χ3n) is 15.2. The van der Waals surface area contributed by atoms with E-state index in [1.54, 1.807) is 48.5 Å². The number of ether oxygens (including phenoxy) is 2. The van der Waals surface area contributed by atoms with Crippen LogP contribution in [0.25, 0.3) is 10.9 Å². The Kier molecular flexibility index (Phi) is 15.8. The summed E-state index contributed by atoms with van der Waals surface area (Å²) >= 11 is 6.70. The summed E-state index contributed by atoms with van der Waals surface area (Å²) in [5, 5.41) is 76.8. The van der Waals surface area contributed by atoms with Crippen molar-refractivity contribution in [2.75, 3.05) is 24.2 Å². The summed E-state index contributed by atoms with van der Waals surface area (Å²) in [7, 11) is 0. The number of phenols is 2. The Morgan fingerprint density at radius 1 is 0.795 bits per heavy atom. The lowest BCUT2D eigenvalue weighted by molar-refractivity contribution is -0.142. The van der Waals surface area contributed by atoms with Crippen LogP contribution >= 0.6 is 24.0 Å². The van der Waals surface area contributed by atoms with Gasteiger partial charge in [-0.15, -0.1) is 11.8 Å². The Morgan fingerprint density at radius 2 is 1.43 bits per heavy atom.